The molecule has 0 aromatic heterocycles. The number of benzene rings is 1. The molecule has 1 aromatic rings. The zero-order valence-corrected chi connectivity index (χ0v) is 13.3. The largest absolute Gasteiger partial charge is 2.00 e. The summed E-state index contributed by atoms with van der Waals surface area (Å²) in [5.74, 6) is 0.910. The van der Waals surface area contributed by atoms with Gasteiger partial charge < -0.3 is 9.29 Å². The van der Waals surface area contributed by atoms with E-state index < -0.39 is 15.6 Å². The average molecular weight is 378 g/mol. The van der Waals surface area contributed by atoms with Crippen molar-refractivity contribution in [3.63, 3.8) is 0 Å². The molecule has 0 fully saturated rings. The number of hydrogen-bond acceptors (Lipinski definition) is 4. The summed E-state index contributed by atoms with van der Waals surface area (Å²) in [5.41, 5.74) is -5.65. The SMILES string of the molecule is COc1ccccc1.O=S(=O)([O-])C(F)(F)F.[C-]1=CC=CC1.[Fe+2]. The average Bonchev–Trinajstić information content (AvgIpc) is 2.97. The van der Waals surface area contributed by atoms with Crippen molar-refractivity contribution in [1.82, 2.24) is 0 Å². The van der Waals surface area contributed by atoms with Crippen molar-refractivity contribution < 1.29 is 47.9 Å². The minimum absolute atomic E-state index is 0. The molecule has 22 heavy (non-hydrogen) atoms. The number of methoxy groups -OCH3 is 1. The summed E-state index contributed by atoms with van der Waals surface area (Å²) < 4.78 is 63.8. The van der Waals surface area contributed by atoms with E-state index in [0.29, 0.717) is 0 Å². The van der Waals surface area contributed by atoms with Crippen LogP contribution in [0.1, 0.15) is 6.42 Å². The fourth-order valence-electron chi connectivity index (χ4n) is 0.897. The molecule has 0 heterocycles. The van der Waals surface area contributed by atoms with Gasteiger partial charge in [-0.25, -0.2) is 20.6 Å². The monoisotopic (exact) mass is 378 g/mol. The Labute approximate surface area is 137 Å². The van der Waals surface area contributed by atoms with Crippen molar-refractivity contribution in [1.29, 1.82) is 0 Å². The van der Waals surface area contributed by atoms with E-state index in [4.69, 9.17) is 17.7 Å². The Kier molecular flexibility index (Phi) is 11.8. The van der Waals surface area contributed by atoms with Gasteiger partial charge in [-0.05, 0) is 12.1 Å². The zero-order chi connectivity index (χ0) is 16.4. The van der Waals surface area contributed by atoms with Crippen molar-refractivity contribution in [2.75, 3.05) is 7.11 Å². The van der Waals surface area contributed by atoms with Crippen LogP contribution in [0.5, 0.6) is 5.75 Å². The van der Waals surface area contributed by atoms with E-state index in [0.717, 1.165) is 12.2 Å². The molecule has 0 spiro atoms. The van der Waals surface area contributed by atoms with Crippen LogP contribution in [0.3, 0.4) is 0 Å². The minimum atomic E-state index is -6.09. The molecule has 4 nitrogen and oxygen atoms in total. The predicted octanol–water partition coefficient (Wildman–Crippen LogP) is 3.05. The number of alkyl halides is 3. The van der Waals surface area contributed by atoms with Crippen LogP contribution in [-0.2, 0) is 27.2 Å². The summed E-state index contributed by atoms with van der Waals surface area (Å²) in [5, 5.41) is 0. The zero-order valence-electron chi connectivity index (χ0n) is 11.4. The quantitative estimate of drug-likeness (QED) is 0.326. The van der Waals surface area contributed by atoms with Crippen molar-refractivity contribution >= 4 is 10.1 Å². The first-order chi connectivity index (χ1) is 9.68. The Bertz CT molecular complexity index is 544. The van der Waals surface area contributed by atoms with E-state index in [2.05, 4.69) is 12.2 Å². The van der Waals surface area contributed by atoms with Gasteiger partial charge in [-0.3, -0.25) is 6.08 Å². The molecule has 0 saturated heterocycles. The van der Waals surface area contributed by atoms with Gasteiger partial charge in [-0.2, -0.15) is 19.2 Å². The van der Waals surface area contributed by atoms with Crippen LogP contribution in [0.2, 0.25) is 0 Å². The van der Waals surface area contributed by atoms with Crippen molar-refractivity contribution in [2.24, 2.45) is 0 Å². The fourth-order valence-corrected chi connectivity index (χ4v) is 0.897. The Hall–Kier alpha value is -1.28. The van der Waals surface area contributed by atoms with Crippen LogP contribution in [-0.4, -0.2) is 25.6 Å². The van der Waals surface area contributed by atoms with Gasteiger partial charge in [0.1, 0.15) is 5.75 Å². The molecule has 1 aromatic carbocycles. The van der Waals surface area contributed by atoms with Crippen molar-refractivity contribution in [3.05, 3.63) is 54.6 Å². The molecule has 0 N–H and O–H groups in total. The molecule has 0 unspecified atom stereocenters. The molecule has 0 amide bonds. The number of ether oxygens (including phenoxy) is 1. The number of allylic oxidation sites excluding steroid dienone is 4. The van der Waals surface area contributed by atoms with Crippen molar-refractivity contribution in [3.8, 4) is 5.75 Å². The molecule has 1 aliphatic carbocycles. The summed E-state index contributed by atoms with van der Waals surface area (Å²) >= 11 is 0. The van der Waals surface area contributed by atoms with Gasteiger partial charge in [0.05, 0.1) is 7.11 Å². The smallest absolute Gasteiger partial charge is 0.741 e. The molecule has 2 rings (SSSR count). The molecule has 0 aliphatic heterocycles. The maximum atomic E-state index is 10.7. The van der Waals surface area contributed by atoms with Crippen LogP contribution in [0.15, 0.2) is 48.6 Å². The van der Waals surface area contributed by atoms with Crippen LogP contribution >= 0.6 is 0 Å². The number of rotatable bonds is 1. The van der Waals surface area contributed by atoms with E-state index in [9.17, 15) is 13.2 Å². The molecule has 1 aliphatic rings. The standard InChI is InChI=1S/C7H8O.C5H5.CHF3O3S.Fe/c1-8-7-5-3-2-4-6-7;1-2-4-5-3-1;2-1(3,4)8(5,6)7;/h2-6H,1H3;1-3H,4H2;(H,5,6,7);/q;-1;;+2/p-1. The molecule has 0 radical (unpaired) electrons. The third kappa shape index (κ3) is 11.4. The van der Waals surface area contributed by atoms with E-state index in [1.165, 1.54) is 0 Å². The van der Waals surface area contributed by atoms with E-state index in [1.807, 2.05) is 42.5 Å². The molecule has 124 valence electrons. The first kappa shape index (κ1) is 23.0. The van der Waals surface area contributed by atoms with Crippen LogP contribution in [0.25, 0.3) is 0 Å². The molecule has 0 atom stereocenters. The van der Waals surface area contributed by atoms with E-state index in [-0.39, 0.29) is 17.1 Å². The molecule has 0 bridgehead atoms. The summed E-state index contributed by atoms with van der Waals surface area (Å²) in [6.07, 6.45) is 10.0. The Morgan fingerprint density at radius 3 is 1.91 bits per heavy atom. The topological polar surface area (TPSA) is 66.4 Å². The predicted molar refractivity (Wildman–Crippen MR) is 70.3 cm³/mol. The Morgan fingerprint density at radius 1 is 1.23 bits per heavy atom. The Balaban J connectivity index is 0. The number of halogens is 3. The van der Waals surface area contributed by atoms with Gasteiger partial charge in [-0.15, -0.1) is 6.42 Å². The van der Waals surface area contributed by atoms with Crippen LogP contribution in [0, 0.1) is 6.08 Å². The minimum Gasteiger partial charge on any atom is -0.741 e. The second-order valence-corrected chi connectivity index (χ2v) is 4.79. The maximum absolute atomic E-state index is 10.7. The molecular formula is C13H13F3FeO4S. The number of hydrogen-bond donors (Lipinski definition) is 0. The first-order valence-electron chi connectivity index (χ1n) is 5.51. The number of para-hydroxylation sites is 1. The van der Waals surface area contributed by atoms with E-state index >= 15 is 0 Å². The van der Waals surface area contributed by atoms with Gasteiger partial charge >= 0.3 is 22.6 Å². The molecule has 0 saturated carbocycles. The van der Waals surface area contributed by atoms with Crippen molar-refractivity contribution in [2.45, 2.75) is 11.9 Å². The second-order valence-electron chi connectivity index (χ2n) is 3.42. The fraction of sp³-hybridized carbons (Fsp3) is 0.231. The van der Waals surface area contributed by atoms with Crippen LogP contribution in [0.4, 0.5) is 13.2 Å². The van der Waals surface area contributed by atoms with Crippen LogP contribution < -0.4 is 4.74 Å². The van der Waals surface area contributed by atoms with Gasteiger partial charge in [0, 0.05) is 0 Å². The van der Waals surface area contributed by atoms with Gasteiger partial charge in [0.2, 0.25) is 0 Å². The third-order valence-electron chi connectivity index (χ3n) is 1.85. The summed E-state index contributed by atoms with van der Waals surface area (Å²) in [7, 11) is -4.43. The molecule has 9 heteroatoms. The first-order valence-corrected chi connectivity index (χ1v) is 6.92. The normalized spacial score (nSPS) is 12.2. The van der Waals surface area contributed by atoms with Gasteiger partial charge in [-0.1, -0.05) is 18.2 Å². The summed E-state index contributed by atoms with van der Waals surface area (Å²) in [4.78, 5) is 0. The second kappa shape index (κ2) is 11.3. The van der Waals surface area contributed by atoms with Gasteiger partial charge in [0.25, 0.3) is 0 Å². The molecular weight excluding hydrogens is 365 g/mol. The Morgan fingerprint density at radius 2 is 1.73 bits per heavy atom. The maximum Gasteiger partial charge on any atom is 2.00 e. The van der Waals surface area contributed by atoms with E-state index in [1.54, 1.807) is 7.11 Å². The van der Waals surface area contributed by atoms with Gasteiger partial charge in [0.15, 0.2) is 10.1 Å². The summed E-state index contributed by atoms with van der Waals surface area (Å²) in [6, 6.07) is 9.68. The third-order valence-corrected chi connectivity index (χ3v) is 2.42. The summed E-state index contributed by atoms with van der Waals surface area (Å²) in [6.45, 7) is 0.